The second-order valence-corrected chi connectivity index (χ2v) is 8.68. The molecular formula is C27H23N9O. The van der Waals surface area contributed by atoms with E-state index in [1.165, 1.54) is 0 Å². The van der Waals surface area contributed by atoms with Gasteiger partial charge in [-0.3, -0.25) is 29.8 Å². The van der Waals surface area contributed by atoms with E-state index >= 15 is 0 Å². The fourth-order valence-corrected chi connectivity index (χ4v) is 4.22. The van der Waals surface area contributed by atoms with E-state index in [0.29, 0.717) is 29.3 Å². The highest BCUT2D eigenvalue weighted by atomic mass is 16.1. The Balaban J connectivity index is 1.37. The molecule has 37 heavy (non-hydrogen) atoms. The lowest BCUT2D eigenvalue weighted by atomic mass is 10.1. The Morgan fingerprint density at radius 3 is 2.76 bits per heavy atom. The zero-order chi connectivity index (χ0) is 25.2. The van der Waals surface area contributed by atoms with E-state index in [9.17, 15) is 4.79 Å². The van der Waals surface area contributed by atoms with Gasteiger partial charge in [-0.2, -0.15) is 5.10 Å². The Labute approximate surface area is 211 Å². The smallest absolute Gasteiger partial charge is 0.224 e. The van der Waals surface area contributed by atoms with Gasteiger partial charge in [-0.1, -0.05) is 19.4 Å². The van der Waals surface area contributed by atoms with Crippen molar-refractivity contribution in [2.24, 2.45) is 0 Å². The van der Waals surface area contributed by atoms with E-state index in [0.717, 1.165) is 51.6 Å². The molecule has 0 saturated carbocycles. The first-order valence-electron chi connectivity index (χ1n) is 12.0. The second kappa shape index (κ2) is 9.57. The molecule has 10 nitrogen and oxygen atoms in total. The monoisotopic (exact) mass is 489 g/mol. The Bertz CT molecular complexity index is 1720. The predicted octanol–water partition coefficient (Wildman–Crippen LogP) is 5.15. The van der Waals surface area contributed by atoms with Gasteiger partial charge in [0, 0.05) is 41.5 Å². The largest absolute Gasteiger partial charge is 0.335 e. The van der Waals surface area contributed by atoms with Crippen LogP contribution in [0.4, 0.5) is 5.69 Å². The molecule has 0 aliphatic heterocycles. The molecule has 0 radical (unpaired) electrons. The summed E-state index contributed by atoms with van der Waals surface area (Å²) in [5.74, 6) is 0.587. The molecule has 0 aromatic carbocycles. The number of amides is 1. The highest BCUT2D eigenvalue weighted by molar-refractivity contribution is 5.97. The number of aromatic amines is 2. The lowest BCUT2D eigenvalue weighted by Gasteiger charge is -2.07. The van der Waals surface area contributed by atoms with Crippen LogP contribution in [0.25, 0.3) is 56.0 Å². The van der Waals surface area contributed by atoms with Crippen LogP contribution in [0.1, 0.15) is 26.2 Å². The van der Waals surface area contributed by atoms with Gasteiger partial charge in [0.15, 0.2) is 5.82 Å². The van der Waals surface area contributed by atoms with Crippen LogP contribution in [0.5, 0.6) is 0 Å². The summed E-state index contributed by atoms with van der Waals surface area (Å²) in [6.07, 6.45) is 12.6. The van der Waals surface area contributed by atoms with Crippen molar-refractivity contribution in [2.45, 2.75) is 26.2 Å². The zero-order valence-corrected chi connectivity index (χ0v) is 20.1. The van der Waals surface area contributed by atoms with E-state index in [4.69, 9.17) is 4.98 Å². The summed E-state index contributed by atoms with van der Waals surface area (Å²) in [4.78, 5) is 38.0. The van der Waals surface area contributed by atoms with Crippen molar-refractivity contribution in [1.29, 1.82) is 0 Å². The van der Waals surface area contributed by atoms with E-state index in [-0.39, 0.29) is 5.91 Å². The van der Waals surface area contributed by atoms with Crippen LogP contribution in [-0.2, 0) is 4.79 Å². The van der Waals surface area contributed by atoms with Crippen LogP contribution in [0.15, 0.2) is 67.5 Å². The van der Waals surface area contributed by atoms with Gasteiger partial charge in [0.1, 0.15) is 11.2 Å². The number of carbonyl (C=O) groups is 1. The molecule has 3 N–H and O–H groups in total. The van der Waals surface area contributed by atoms with E-state index in [1.54, 1.807) is 37.2 Å². The molecule has 6 aromatic heterocycles. The first kappa shape index (κ1) is 22.5. The standard InChI is InChI=1S/C27H23N9O/c1-2-3-7-24(37)32-17-9-16(11-28-12-17)21-10-18-22(15-31-21)35-36-26(18)27-33-23-14-29-13-19(25(23)34-27)20-6-4-5-8-30-20/h4-6,8-15H,2-3,7H2,1H3,(H,32,37)(H,33,34)(H,35,36). The minimum Gasteiger partial charge on any atom is -0.335 e. The van der Waals surface area contributed by atoms with Gasteiger partial charge in [0.25, 0.3) is 0 Å². The van der Waals surface area contributed by atoms with Crippen LogP contribution >= 0.6 is 0 Å². The Kier molecular flexibility index (Phi) is 5.81. The number of rotatable bonds is 7. The number of fused-ring (bicyclic) bond motifs is 2. The fraction of sp³-hybridized carbons (Fsp3) is 0.148. The van der Waals surface area contributed by atoms with Gasteiger partial charge < -0.3 is 10.3 Å². The van der Waals surface area contributed by atoms with Crippen molar-refractivity contribution in [2.75, 3.05) is 5.32 Å². The number of aromatic nitrogens is 8. The maximum Gasteiger partial charge on any atom is 0.224 e. The number of nitrogens with one attached hydrogen (secondary N) is 3. The Morgan fingerprint density at radius 1 is 0.973 bits per heavy atom. The molecule has 0 fully saturated rings. The highest BCUT2D eigenvalue weighted by Gasteiger charge is 2.17. The number of hydrogen-bond donors (Lipinski definition) is 3. The highest BCUT2D eigenvalue weighted by Crippen LogP contribution is 2.31. The predicted molar refractivity (Wildman–Crippen MR) is 141 cm³/mol. The Morgan fingerprint density at radius 2 is 1.89 bits per heavy atom. The lowest BCUT2D eigenvalue weighted by Crippen LogP contribution is -2.11. The molecule has 0 atom stereocenters. The van der Waals surface area contributed by atoms with Gasteiger partial charge in [0.2, 0.25) is 5.91 Å². The molecule has 1 amide bonds. The lowest BCUT2D eigenvalue weighted by molar-refractivity contribution is -0.116. The molecule has 0 unspecified atom stereocenters. The van der Waals surface area contributed by atoms with Gasteiger partial charge in [-0.25, -0.2) is 4.98 Å². The molecule has 182 valence electrons. The number of imidazole rings is 1. The van der Waals surface area contributed by atoms with Crippen molar-refractivity contribution < 1.29 is 4.79 Å². The summed E-state index contributed by atoms with van der Waals surface area (Å²) in [5, 5.41) is 11.3. The molecule has 0 aliphatic rings. The normalized spacial score (nSPS) is 11.3. The van der Waals surface area contributed by atoms with Crippen LogP contribution in [0, 0.1) is 0 Å². The topological polar surface area (TPSA) is 138 Å². The summed E-state index contributed by atoms with van der Waals surface area (Å²) >= 11 is 0. The average Bonchev–Trinajstić information content (AvgIpc) is 3.56. The van der Waals surface area contributed by atoms with Crippen molar-refractivity contribution >= 4 is 33.5 Å². The van der Waals surface area contributed by atoms with Crippen LogP contribution in [0.2, 0.25) is 0 Å². The molecule has 0 saturated heterocycles. The third-order valence-electron chi connectivity index (χ3n) is 6.08. The fourth-order valence-electron chi connectivity index (χ4n) is 4.22. The minimum atomic E-state index is -0.0224. The average molecular weight is 490 g/mol. The molecule has 6 heterocycles. The summed E-state index contributed by atoms with van der Waals surface area (Å²) < 4.78 is 0. The van der Waals surface area contributed by atoms with Crippen LogP contribution in [0.3, 0.4) is 0 Å². The summed E-state index contributed by atoms with van der Waals surface area (Å²) in [6.45, 7) is 2.06. The number of pyridine rings is 4. The van der Waals surface area contributed by atoms with Gasteiger partial charge >= 0.3 is 0 Å². The second-order valence-electron chi connectivity index (χ2n) is 8.68. The molecule has 10 heteroatoms. The van der Waals surface area contributed by atoms with Crippen LogP contribution < -0.4 is 5.32 Å². The van der Waals surface area contributed by atoms with E-state index in [2.05, 4.69) is 47.4 Å². The number of unbranched alkanes of at least 4 members (excludes halogenated alkanes) is 1. The van der Waals surface area contributed by atoms with Crippen molar-refractivity contribution in [3.8, 4) is 34.0 Å². The quantitative estimate of drug-likeness (QED) is 0.282. The summed E-state index contributed by atoms with van der Waals surface area (Å²) in [5.41, 5.74) is 6.77. The van der Waals surface area contributed by atoms with E-state index in [1.807, 2.05) is 30.3 Å². The number of nitrogens with zero attached hydrogens (tertiary/aromatic N) is 6. The molecule has 0 bridgehead atoms. The molecule has 0 aliphatic carbocycles. The maximum atomic E-state index is 12.2. The number of H-pyrrole nitrogens is 2. The molecular weight excluding hydrogens is 466 g/mol. The molecule has 6 rings (SSSR count). The summed E-state index contributed by atoms with van der Waals surface area (Å²) in [7, 11) is 0. The zero-order valence-electron chi connectivity index (χ0n) is 20.1. The number of hydrogen-bond acceptors (Lipinski definition) is 7. The minimum absolute atomic E-state index is 0.0224. The third kappa shape index (κ3) is 4.40. The summed E-state index contributed by atoms with van der Waals surface area (Å²) in [6, 6.07) is 9.56. The van der Waals surface area contributed by atoms with Crippen molar-refractivity contribution in [3.63, 3.8) is 0 Å². The van der Waals surface area contributed by atoms with Crippen molar-refractivity contribution in [3.05, 3.63) is 67.5 Å². The number of anilines is 1. The van der Waals surface area contributed by atoms with Gasteiger partial charge in [-0.05, 0) is 30.7 Å². The molecule has 0 spiro atoms. The first-order valence-corrected chi connectivity index (χ1v) is 12.0. The number of carbonyl (C=O) groups excluding carboxylic acids is 1. The molecule has 6 aromatic rings. The Hall–Kier alpha value is -4.99. The van der Waals surface area contributed by atoms with Gasteiger partial charge in [-0.15, -0.1) is 0 Å². The van der Waals surface area contributed by atoms with Gasteiger partial charge in [0.05, 0.1) is 46.7 Å². The van der Waals surface area contributed by atoms with Crippen molar-refractivity contribution in [1.82, 2.24) is 40.1 Å². The van der Waals surface area contributed by atoms with E-state index < -0.39 is 0 Å². The SMILES string of the molecule is CCCCC(=O)Nc1cncc(-c2cc3c(-c4nc5c(-c6ccccn6)cncc5[nH]4)n[nH]c3cn2)c1. The third-order valence-corrected chi connectivity index (χ3v) is 6.08. The van der Waals surface area contributed by atoms with Crippen LogP contribution in [-0.4, -0.2) is 46.0 Å². The first-order chi connectivity index (χ1) is 18.2. The maximum absolute atomic E-state index is 12.2.